The lowest BCUT2D eigenvalue weighted by atomic mass is 10.2. The smallest absolute Gasteiger partial charge is 0.221 e. The summed E-state index contributed by atoms with van der Waals surface area (Å²) in [5.41, 5.74) is 2.35. The van der Waals surface area contributed by atoms with Crippen molar-refractivity contribution in [3.63, 3.8) is 0 Å². The van der Waals surface area contributed by atoms with Crippen molar-refractivity contribution in [1.29, 1.82) is 0 Å². The number of nitrogens with one attached hydrogen (secondary N) is 2. The van der Waals surface area contributed by atoms with Gasteiger partial charge in [-0.25, -0.2) is 0 Å². The van der Waals surface area contributed by atoms with Gasteiger partial charge in [-0.15, -0.1) is 0 Å². The lowest BCUT2D eigenvalue weighted by Gasteiger charge is -2.10. The van der Waals surface area contributed by atoms with E-state index in [9.17, 15) is 9.90 Å². The van der Waals surface area contributed by atoms with E-state index in [1.54, 1.807) is 25.3 Å². The second-order valence-electron chi connectivity index (χ2n) is 4.61. The summed E-state index contributed by atoms with van der Waals surface area (Å²) in [6.07, 6.45) is 0. The summed E-state index contributed by atoms with van der Waals surface area (Å²) >= 11 is 0. The number of phenolic OH excluding ortho intramolecular Hbond substituents is 1. The van der Waals surface area contributed by atoms with Gasteiger partial charge in [-0.05, 0) is 30.3 Å². The van der Waals surface area contributed by atoms with Crippen LogP contribution in [0.3, 0.4) is 0 Å². The molecule has 0 aliphatic carbocycles. The number of carbonyl (C=O) groups excluding carboxylic acids is 1. The SMILES string of the molecule is COc1ccc(CNc2cccc(NC(C)=O)c2)c(O)c1. The van der Waals surface area contributed by atoms with Crippen molar-refractivity contribution in [2.24, 2.45) is 0 Å². The van der Waals surface area contributed by atoms with Crippen LogP contribution in [0.2, 0.25) is 0 Å². The molecule has 2 aromatic carbocycles. The summed E-state index contributed by atoms with van der Waals surface area (Å²) < 4.78 is 5.04. The fourth-order valence-electron chi connectivity index (χ4n) is 1.93. The number of amides is 1. The van der Waals surface area contributed by atoms with Crippen molar-refractivity contribution in [1.82, 2.24) is 0 Å². The summed E-state index contributed by atoms with van der Waals surface area (Å²) in [6, 6.07) is 12.6. The van der Waals surface area contributed by atoms with E-state index >= 15 is 0 Å². The van der Waals surface area contributed by atoms with Crippen molar-refractivity contribution in [2.45, 2.75) is 13.5 Å². The number of hydrogen-bond acceptors (Lipinski definition) is 4. The van der Waals surface area contributed by atoms with Gasteiger partial charge in [0.2, 0.25) is 5.91 Å². The van der Waals surface area contributed by atoms with Gasteiger partial charge in [0.25, 0.3) is 0 Å². The molecule has 0 radical (unpaired) electrons. The zero-order valence-electron chi connectivity index (χ0n) is 12.0. The second kappa shape index (κ2) is 6.65. The molecular formula is C16H18N2O3. The van der Waals surface area contributed by atoms with Crippen molar-refractivity contribution in [3.05, 3.63) is 48.0 Å². The molecule has 0 bridgehead atoms. The molecule has 1 amide bonds. The van der Waals surface area contributed by atoms with Crippen LogP contribution in [-0.4, -0.2) is 18.1 Å². The fourth-order valence-corrected chi connectivity index (χ4v) is 1.93. The zero-order valence-corrected chi connectivity index (χ0v) is 12.0. The molecule has 0 fully saturated rings. The van der Waals surface area contributed by atoms with Gasteiger partial charge in [-0.3, -0.25) is 4.79 Å². The number of carbonyl (C=O) groups is 1. The van der Waals surface area contributed by atoms with Crippen LogP contribution >= 0.6 is 0 Å². The summed E-state index contributed by atoms with van der Waals surface area (Å²) in [6.45, 7) is 1.94. The van der Waals surface area contributed by atoms with E-state index in [1.807, 2.05) is 24.3 Å². The van der Waals surface area contributed by atoms with Crippen LogP contribution < -0.4 is 15.4 Å². The monoisotopic (exact) mass is 286 g/mol. The molecule has 0 heterocycles. The summed E-state index contributed by atoms with van der Waals surface area (Å²) in [7, 11) is 1.56. The number of methoxy groups -OCH3 is 1. The highest BCUT2D eigenvalue weighted by Crippen LogP contribution is 2.24. The normalized spacial score (nSPS) is 10.0. The van der Waals surface area contributed by atoms with Gasteiger partial charge in [0.1, 0.15) is 11.5 Å². The Kier molecular flexibility index (Phi) is 4.66. The first-order valence-electron chi connectivity index (χ1n) is 6.56. The molecule has 0 unspecified atom stereocenters. The molecular weight excluding hydrogens is 268 g/mol. The van der Waals surface area contributed by atoms with E-state index in [-0.39, 0.29) is 11.7 Å². The van der Waals surface area contributed by atoms with Gasteiger partial charge in [0.05, 0.1) is 7.11 Å². The number of rotatable bonds is 5. The number of ether oxygens (including phenoxy) is 1. The topological polar surface area (TPSA) is 70.6 Å². The van der Waals surface area contributed by atoms with Crippen LogP contribution in [0.5, 0.6) is 11.5 Å². The number of anilines is 2. The Hall–Kier alpha value is -2.69. The third-order valence-electron chi connectivity index (χ3n) is 2.96. The Bertz CT molecular complexity index is 641. The van der Waals surface area contributed by atoms with Crippen LogP contribution in [0.1, 0.15) is 12.5 Å². The highest BCUT2D eigenvalue weighted by molar-refractivity contribution is 5.89. The van der Waals surface area contributed by atoms with Crippen molar-refractivity contribution in [2.75, 3.05) is 17.7 Å². The minimum absolute atomic E-state index is 0.111. The molecule has 2 aromatic rings. The average Bonchev–Trinajstić information content (AvgIpc) is 2.45. The first kappa shape index (κ1) is 14.7. The maximum atomic E-state index is 11.0. The van der Waals surface area contributed by atoms with Crippen molar-refractivity contribution < 1.29 is 14.6 Å². The molecule has 0 aliphatic rings. The predicted octanol–water partition coefficient (Wildman–Crippen LogP) is 2.97. The van der Waals surface area contributed by atoms with Crippen molar-refractivity contribution >= 4 is 17.3 Å². The van der Waals surface area contributed by atoms with Gasteiger partial charge in [-0.1, -0.05) is 6.07 Å². The number of hydrogen-bond donors (Lipinski definition) is 3. The third kappa shape index (κ3) is 4.14. The molecule has 21 heavy (non-hydrogen) atoms. The van der Waals surface area contributed by atoms with Crippen LogP contribution in [0.25, 0.3) is 0 Å². The predicted molar refractivity (Wildman–Crippen MR) is 82.7 cm³/mol. The van der Waals surface area contributed by atoms with Crippen LogP contribution in [-0.2, 0) is 11.3 Å². The van der Waals surface area contributed by atoms with E-state index in [2.05, 4.69) is 10.6 Å². The quantitative estimate of drug-likeness (QED) is 0.790. The van der Waals surface area contributed by atoms with E-state index in [1.165, 1.54) is 6.92 Å². The van der Waals surface area contributed by atoms with Gasteiger partial charge in [0, 0.05) is 36.5 Å². The molecule has 0 spiro atoms. The highest BCUT2D eigenvalue weighted by atomic mass is 16.5. The number of benzene rings is 2. The fraction of sp³-hybridized carbons (Fsp3) is 0.188. The Labute approximate surface area is 123 Å². The standard InChI is InChI=1S/C16H18N2O3/c1-11(19)18-14-5-3-4-13(8-14)17-10-12-6-7-15(21-2)9-16(12)20/h3-9,17,20H,10H2,1-2H3,(H,18,19). The summed E-state index contributed by atoms with van der Waals surface area (Å²) in [5.74, 6) is 0.684. The maximum Gasteiger partial charge on any atom is 0.221 e. The Balaban J connectivity index is 2.04. The Morgan fingerprint density at radius 2 is 1.95 bits per heavy atom. The highest BCUT2D eigenvalue weighted by Gasteiger charge is 2.03. The first-order valence-corrected chi connectivity index (χ1v) is 6.56. The van der Waals surface area contributed by atoms with E-state index in [0.717, 1.165) is 16.9 Å². The Morgan fingerprint density at radius 1 is 1.19 bits per heavy atom. The van der Waals surface area contributed by atoms with Crippen molar-refractivity contribution in [3.8, 4) is 11.5 Å². The summed E-state index contributed by atoms with van der Waals surface area (Å²) in [4.78, 5) is 11.0. The van der Waals surface area contributed by atoms with E-state index in [4.69, 9.17) is 4.74 Å². The molecule has 0 aromatic heterocycles. The zero-order chi connectivity index (χ0) is 15.2. The average molecular weight is 286 g/mol. The maximum absolute atomic E-state index is 11.0. The van der Waals surface area contributed by atoms with E-state index < -0.39 is 0 Å². The minimum atomic E-state index is -0.111. The van der Waals surface area contributed by atoms with Crippen LogP contribution in [0.15, 0.2) is 42.5 Å². The Morgan fingerprint density at radius 3 is 2.62 bits per heavy atom. The molecule has 0 saturated carbocycles. The lowest BCUT2D eigenvalue weighted by molar-refractivity contribution is -0.114. The largest absolute Gasteiger partial charge is 0.507 e. The third-order valence-corrected chi connectivity index (χ3v) is 2.96. The first-order chi connectivity index (χ1) is 10.1. The minimum Gasteiger partial charge on any atom is -0.507 e. The molecule has 0 atom stereocenters. The van der Waals surface area contributed by atoms with Crippen LogP contribution in [0.4, 0.5) is 11.4 Å². The van der Waals surface area contributed by atoms with Gasteiger partial charge in [0.15, 0.2) is 0 Å². The van der Waals surface area contributed by atoms with E-state index in [0.29, 0.717) is 12.3 Å². The molecule has 110 valence electrons. The number of phenols is 1. The molecule has 2 rings (SSSR count). The second-order valence-corrected chi connectivity index (χ2v) is 4.61. The van der Waals surface area contributed by atoms with Crippen LogP contribution in [0, 0.1) is 0 Å². The molecule has 0 saturated heterocycles. The summed E-state index contributed by atoms with van der Waals surface area (Å²) in [5, 5.41) is 15.8. The number of aromatic hydroxyl groups is 1. The molecule has 5 nitrogen and oxygen atoms in total. The lowest BCUT2D eigenvalue weighted by Crippen LogP contribution is -2.06. The molecule has 5 heteroatoms. The van der Waals surface area contributed by atoms with Gasteiger partial charge in [-0.2, -0.15) is 0 Å². The molecule has 0 aliphatic heterocycles. The molecule has 3 N–H and O–H groups in total. The van der Waals surface area contributed by atoms with Gasteiger partial charge < -0.3 is 20.5 Å². The van der Waals surface area contributed by atoms with Gasteiger partial charge >= 0.3 is 0 Å².